The van der Waals surface area contributed by atoms with Crippen LogP contribution in [0.1, 0.15) is 19.3 Å². The summed E-state index contributed by atoms with van der Waals surface area (Å²) in [7, 11) is 1.66. The average Bonchev–Trinajstić information content (AvgIpc) is 2.78. The van der Waals surface area contributed by atoms with Crippen molar-refractivity contribution in [1.82, 2.24) is 0 Å². The molecule has 0 aromatic heterocycles. The van der Waals surface area contributed by atoms with Gasteiger partial charge in [0.25, 0.3) is 5.69 Å². The average molecular weight is 271 g/mol. The van der Waals surface area contributed by atoms with E-state index in [9.17, 15) is 10.1 Å². The van der Waals surface area contributed by atoms with E-state index in [0.717, 1.165) is 19.3 Å². The van der Waals surface area contributed by atoms with Crippen molar-refractivity contribution in [2.24, 2.45) is 0 Å². The summed E-state index contributed by atoms with van der Waals surface area (Å²) < 4.78 is 5.36. The highest BCUT2D eigenvalue weighted by Crippen LogP contribution is 2.35. The van der Waals surface area contributed by atoms with Crippen molar-refractivity contribution in [2.75, 3.05) is 12.4 Å². The molecule has 0 heterocycles. The zero-order valence-electron chi connectivity index (χ0n) is 10.1. The SMILES string of the molecule is COC1CCCC1Nc1c(Cl)cccc1[N+](=O)[O-]. The molecule has 98 valence electrons. The minimum absolute atomic E-state index is 0.00394. The van der Waals surface area contributed by atoms with E-state index in [4.69, 9.17) is 16.3 Å². The summed E-state index contributed by atoms with van der Waals surface area (Å²) in [5, 5.41) is 14.5. The molecule has 6 heteroatoms. The van der Waals surface area contributed by atoms with Crippen LogP contribution in [0.2, 0.25) is 5.02 Å². The third-order valence-electron chi connectivity index (χ3n) is 3.27. The number of methoxy groups -OCH3 is 1. The highest BCUT2D eigenvalue weighted by Gasteiger charge is 2.29. The Morgan fingerprint density at radius 3 is 2.94 bits per heavy atom. The predicted molar refractivity (Wildman–Crippen MR) is 70.2 cm³/mol. The van der Waals surface area contributed by atoms with E-state index in [1.165, 1.54) is 6.07 Å². The molecule has 0 radical (unpaired) electrons. The monoisotopic (exact) mass is 270 g/mol. The molecule has 1 saturated carbocycles. The first kappa shape index (κ1) is 13.1. The second-order valence-electron chi connectivity index (χ2n) is 4.35. The molecule has 1 aliphatic carbocycles. The van der Waals surface area contributed by atoms with Crippen LogP contribution in [0.3, 0.4) is 0 Å². The third-order valence-corrected chi connectivity index (χ3v) is 3.59. The Hall–Kier alpha value is -1.33. The molecular formula is C12H15ClN2O3. The summed E-state index contributed by atoms with van der Waals surface area (Å²) in [4.78, 5) is 10.5. The molecule has 0 aliphatic heterocycles. The summed E-state index contributed by atoms with van der Waals surface area (Å²) in [6, 6.07) is 4.75. The van der Waals surface area contributed by atoms with Crippen molar-refractivity contribution in [3.8, 4) is 0 Å². The van der Waals surface area contributed by atoms with Crippen molar-refractivity contribution >= 4 is 23.0 Å². The molecule has 0 amide bonds. The minimum atomic E-state index is -0.426. The topological polar surface area (TPSA) is 64.4 Å². The zero-order valence-corrected chi connectivity index (χ0v) is 10.8. The summed E-state index contributed by atoms with van der Waals surface area (Å²) in [5.41, 5.74) is 0.391. The van der Waals surface area contributed by atoms with Gasteiger partial charge in [0.1, 0.15) is 5.69 Å². The van der Waals surface area contributed by atoms with Gasteiger partial charge in [-0.2, -0.15) is 0 Å². The molecule has 5 nitrogen and oxygen atoms in total. The number of nitrogens with one attached hydrogen (secondary N) is 1. The van der Waals surface area contributed by atoms with Crippen molar-refractivity contribution in [3.63, 3.8) is 0 Å². The Bertz CT molecular complexity index is 453. The zero-order chi connectivity index (χ0) is 13.1. The first-order valence-electron chi connectivity index (χ1n) is 5.85. The number of hydrogen-bond acceptors (Lipinski definition) is 4. The number of nitro groups is 1. The van der Waals surface area contributed by atoms with E-state index in [1.807, 2.05) is 0 Å². The van der Waals surface area contributed by atoms with Gasteiger partial charge in [0.15, 0.2) is 0 Å². The van der Waals surface area contributed by atoms with Crippen LogP contribution in [-0.2, 0) is 4.74 Å². The normalized spacial score (nSPS) is 23.0. The van der Waals surface area contributed by atoms with Crippen LogP contribution in [-0.4, -0.2) is 24.2 Å². The minimum Gasteiger partial charge on any atom is -0.379 e. The van der Waals surface area contributed by atoms with E-state index < -0.39 is 4.92 Å². The molecule has 1 N–H and O–H groups in total. The molecule has 2 rings (SSSR count). The Kier molecular flexibility index (Phi) is 4.04. The molecule has 2 atom stereocenters. The van der Waals surface area contributed by atoms with Crippen LogP contribution in [0.15, 0.2) is 18.2 Å². The lowest BCUT2D eigenvalue weighted by molar-refractivity contribution is -0.384. The van der Waals surface area contributed by atoms with Crippen molar-refractivity contribution < 1.29 is 9.66 Å². The Morgan fingerprint density at radius 2 is 2.28 bits per heavy atom. The first-order valence-corrected chi connectivity index (χ1v) is 6.23. The van der Waals surface area contributed by atoms with Crippen LogP contribution in [0, 0.1) is 10.1 Å². The largest absolute Gasteiger partial charge is 0.379 e. The van der Waals surface area contributed by atoms with Crippen molar-refractivity contribution in [1.29, 1.82) is 0 Å². The molecule has 1 aromatic carbocycles. The highest BCUT2D eigenvalue weighted by atomic mass is 35.5. The fraction of sp³-hybridized carbons (Fsp3) is 0.500. The number of ether oxygens (including phenoxy) is 1. The molecular weight excluding hydrogens is 256 g/mol. The van der Waals surface area contributed by atoms with Gasteiger partial charge in [0.05, 0.1) is 22.1 Å². The lowest BCUT2D eigenvalue weighted by Gasteiger charge is -2.21. The standard InChI is InChI=1S/C12H15ClN2O3/c1-18-11-7-3-5-9(11)14-12-8(13)4-2-6-10(12)15(16)17/h2,4,6,9,11,14H,3,5,7H2,1H3. The van der Waals surface area contributed by atoms with E-state index in [-0.39, 0.29) is 17.8 Å². The fourth-order valence-electron chi connectivity index (χ4n) is 2.37. The molecule has 2 unspecified atom stereocenters. The van der Waals surface area contributed by atoms with Gasteiger partial charge in [-0.3, -0.25) is 10.1 Å². The lowest BCUT2D eigenvalue weighted by Crippen LogP contribution is -2.30. The maximum absolute atomic E-state index is 11.0. The molecule has 0 spiro atoms. The number of halogens is 1. The summed E-state index contributed by atoms with van der Waals surface area (Å²) in [6.07, 6.45) is 3.03. The fourth-order valence-corrected chi connectivity index (χ4v) is 2.59. The number of nitrogens with zero attached hydrogens (tertiary/aromatic N) is 1. The van der Waals surface area contributed by atoms with Gasteiger partial charge < -0.3 is 10.1 Å². The van der Waals surface area contributed by atoms with E-state index in [0.29, 0.717) is 10.7 Å². The summed E-state index contributed by atoms with van der Waals surface area (Å²) >= 11 is 6.04. The Morgan fingerprint density at radius 1 is 1.50 bits per heavy atom. The molecule has 1 aliphatic rings. The van der Waals surface area contributed by atoms with Gasteiger partial charge in [0.2, 0.25) is 0 Å². The highest BCUT2D eigenvalue weighted by molar-refractivity contribution is 6.33. The maximum Gasteiger partial charge on any atom is 0.293 e. The van der Waals surface area contributed by atoms with Crippen LogP contribution in [0.4, 0.5) is 11.4 Å². The van der Waals surface area contributed by atoms with Gasteiger partial charge in [0, 0.05) is 13.2 Å². The molecule has 1 fully saturated rings. The van der Waals surface area contributed by atoms with E-state index in [2.05, 4.69) is 5.32 Å². The lowest BCUT2D eigenvalue weighted by atomic mass is 10.2. The Balaban J connectivity index is 2.25. The van der Waals surface area contributed by atoms with Gasteiger partial charge in [-0.1, -0.05) is 17.7 Å². The smallest absolute Gasteiger partial charge is 0.293 e. The van der Waals surface area contributed by atoms with Crippen LogP contribution in [0.5, 0.6) is 0 Å². The molecule has 18 heavy (non-hydrogen) atoms. The van der Waals surface area contributed by atoms with E-state index >= 15 is 0 Å². The van der Waals surface area contributed by atoms with Gasteiger partial charge >= 0.3 is 0 Å². The van der Waals surface area contributed by atoms with Gasteiger partial charge in [-0.05, 0) is 25.3 Å². The summed E-state index contributed by atoms with van der Waals surface area (Å²) in [6.45, 7) is 0. The van der Waals surface area contributed by atoms with Gasteiger partial charge in [-0.15, -0.1) is 0 Å². The van der Waals surface area contributed by atoms with Crippen LogP contribution >= 0.6 is 11.6 Å². The van der Waals surface area contributed by atoms with E-state index in [1.54, 1.807) is 19.2 Å². The number of rotatable bonds is 4. The molecule has 0 saturated heterocycles. The second-order valence-corrected chi connectivity index (χ2v) is 4.75. The number of para-hydroxylation sites is 1. The molecule has 1 aromatic rings. The molecule has 0 bridgehead atoms. The first-order chi connectivity index (χ1) is 8.63. The Labute approximate surface area is 110 Å². The van der Waals surface area contributed by atoms with Crippen molar-refractivity contribution in [3.05, 3.63) is 33.3 Å². The predicted octanol–water partition coefficient (Wildman–Crippen LogP) is 3.23. The third kappa shape index (κ3) is 2.57. The van der Waals surface area contributed by atoms with Crippen LogP contribution < -0.4 is 5.32 Å². The van der Waals surface area contributed by atoms with Gasteiger partial charge in [-0.25, -0.2) is 0 Å². The van der Waals surface area contributed by atoms with Crippen LogP contribution in [0.25, 0.3) is 0 Å². The number of hydrogen-bond donors (Lipinski definition) is 1. The number of anilines is 1. The number of nitro benzene ring substituents is 1. The maximum atomic E-state index is 11.0. The second kappa shape index (κ2) is 5.54. The number of benzene rings is 1. The van der Waals surface area contributed by atoms with Crippen molar-refractivity contribution in [2.45, 2.75) is 31.4 Å². The summed E-state index contributed by atoms with van der Waals surface area (Å²) in [5.74, 6) is 0. The quantitative estimate of drug-likeness (QED) is 0.674.